The second kappa shape index (κ2) is 6.95. The van der Waals surface area contributed by atoms with E-state index in [1.54, 1.807) is 0 Å². The van der Waals surface area contributed by atoms with Gasteiger partial charge in [0.1, 0.15) is 11.8 Å². The van der Waals surface area contributed by atoms with Crippen LogP contribution in [0.5, 0.6) is 0 Å². The minimum atomic E-state index is -0.916. The van der Waals surface area contributed by atoms with Crippen LogP contribution in [-0.2, 0) is 4.74 Å². The van der Waals surface area contributed by atoms with E-state index < -0.39 is 11.8 Å². The van der Waals surface area contributed by atoms with Gasteiger partial charge in [0.2, 0.25) is 0 Å². The van der Waals surface area contributed by atoms with Crippen LogP contribution in [0.4, 0.5) is 9.18 Å². The van der Waals surface area contributed by atoms with Gasteiger partial charge in [-0.2, -0.15) is 0 Å². The molecule has 2 heterocycles. The largest absolute Gasteiger partial charge is 0.444 e. The first kappa shape index (κ1) is 16.5. The van der Waals surface area contributed by atoms with E-state index in [0.717, 1.165) is 38.8 Å². The number of carbonyl (C=O) groups is 1. The molecule has 21 heavy (non-hydrogen) atoms. The zero-order valence-corrected chi connectivity index (χ0v) is 13.5. The third kappa shape index (κ3) is 5.13. The van der Waals surface area contributed by atoms with Gasteiger partial charge in [0, 0.05) is 6.54 Å². The maximum absolute atomic E-state index is 14.4. The highest BCUT2D eigenvalue weighted by Gasteiger charge is 2.34. The first-order chi connectivity index (χ1) is 9.85. The predicted octanol–water partition coefficient (Wildman–Crippen LogP) is 2.97. The van der Waals surface area contributed by atoms with Gasteiger partial charge in [0.25, 0.3) is 0 Å². The summed E-state index contributed by atoms with van der Waals surface area (Å²) in [4.78, 5) is 13.5. The van der Waals surface area contributed by atoms with Crippen LogP contribution < -0.4 is 5.32 Å². The summed E-state index contributed by atoms with van der Waals surface area (Å²) in [6, 6.07) is 0. The molecule has 2 atom stereocenters. The maximum atomic E-state index is 14.4. The number of nitrogens with one attached hydrogen (secondary N) is 1. The van der Waals surface area contributed by atoms with Crippen LogP contribution in [0.1, 0.15) is 46.5 Å². The van der Waals surface area contributed by atoms with Crippen LogP contribution in [0.2, 0.25) is 0 Å². The average molecular weight is 300 g/mol. The zero-order chi connectivity index (χ0) is 15.5. The summed E-state index contributed by atoms with van der Waals surface area (Å²) in [7, 11) is 0. The SMILES string of the molecule is CC(C)(C)OC(=O)N1CCC(CC2CCNCC2)C(F)C1. The maximum Gasteiger partial charge on any atom is 0.410 e. The number of rotatable bonds is 2. The third-order valence-corrected chi connectivity index (χ3v) is 4.42. The number of alkyl halides is 1. The summed E-state index contributed by atoms with van der Waals surface area (Å²) >= 11 is 0. The summed E-state index contributed by atoms with van der Waals surface area (Å²) in [5.41, 5.74) is -0.519. The van der Waals surface area contributed by atoms with E-state index in [1.807, 2.05) is 20.8 Å². The molecule has 0 aliphatic carbocycles. The van der Waals surface area contributed by atoms with Gasteiger partial charge < -0.3 is 15.0 Å². The molecule has 0 radical (unpaired) electrons. The van der Waals surface area contributed by atoms with Crippen LogP contribution in [0.3, 0.4) is 0 Å². The van der Waals surface area contributed by atoms with E-state index in [2.05, 4.69) is 5.32 Å². The lowest BCUT2D eigenvalue weighted by molar-refractivity contribution is 0.00262. The molecule has 1 N–H and O–H groups in total. The van der Waals surface area contributed by atoms with Crippen molar-refractivity contribution in [1.82, 2.24) is 10.2 Å². The Hall–Kier alpha value is -0.840. The molecule has 0 aromatic carbocycles. The Morgan fingerprint density at radius 1 is 1.29 bits per heavy atom. The van der Waals surface area contributed by atoms with Crippen molar-refractivity contribution in [3.8, 4) is 0 Å². The van der Waals surface area contributed by atoms with Crippen molar-refractivity contribution in [3.05, 3.63) is 0 Å². The second-order valence-corrected chi connectivity index (χ2v) is 7.42. The quantitative estimate of drug-likeness (QED) is 0.852. The highest BCUT2D eigenvalue weighted by atomic mass is 19.1. The lowest BCUT2D eigenvalue weighted by Gasteiger charge is -2.37. The number of carbonyl (C=O) groups excluding carboxylic acids is 1. The minimum Gasteiger partial charge on any atom is -0.444 e. The smallest absolute Gasteiger partial charge is 0.410 e. The highest BCUT2D eigenvalue weighted by Crippen LogP contribution is 2.30. The Labute approximate surface area is 127 Å². The first-order valence-electron chi connectivity index (χ1n) is 8.18. The fraction of sp³-hybridized carbons (Fsp3) is 0.938. The van der Waals surface area contributed by atoms with E-state index in [0.29, 0.717) is 12.5 Å². The van der Waals surface area contributed by atoms with Gasteiger partial charge in [-0.25, -0.2) is 9.18 Å². The van der Waals surface area contributed by atoms with Crippen LogP contribution in [0, 0.1) is 11.8 Å². The highest BCUT2D eigenvalue weighted by molar-refractivity contribution is 5.68. The third-order valence-electron chi connectivity index (χ3n) is 4.42. The molecule has 0 aromatic heterocycles. The fourth-order valence-corrected chi connectivity index (χ4v) is 3.26. The Kier molecular flexibility index (Phi) is 5.47. The van der Waals surface area contributed by atoms with E-state index in [1.165, 1.54) is 4.90 Å². The lowest BCUT2D eigenvalue weighted by Crippen LogP contribution is -2.47. The van der Waals surface area contributed by atoms with Crippen molar-refractivity contribution in [2.75, 3.05) is 26.2 Å². The molecule has 122 valence electrons. The Balaban J connectivity index is 1.79. The number of hydrogen-bond donors (Lipinski definition) is 1. The Morgan fingerprint density at radius 2 is 1.95 bits per heavy atom. The Morgan fingerprint density at radius 3 is 2.52 bits per heavy atom. The van der Waals surface area contributed by atoms with E-state index >= 15 is 0 Å². The van der Waals surface area contributed by atoms with Crippen molar-refractivity contribution in [2.45, 2.75) is 58.2 Å². The minimum absolute atomic E-state index is 0.104. The normalized spacial score (nSPS) is 28.5. The molecular formula is C16H29FN2O2. The molecule has 2 unspecified atom stereocenters. The first-order valence-corrected chi connectivity index (χ1v) is 8.18. The van der Waals surface area contributed by atoms with Crippen molar-refractivity contribution in [3.63, 3.8) is 0 Å². The average Bonchev–Trinajstić information content (AvgIpc) is 2.40. The van der Waals surface area contributed by atoms with Crippen LogP contribution in [0.15, 0.2) is 0 Å². The molecule has 5 heteroatoms. The molecule has 2 fully saturated rings. The lowest BCUT2D eigenvalue weighted by atomic mass is 9.82. The standard InChI is InChI=1S/C16H29FN2O2/c1-16(2,3)21-15(20)19-9-6-13(14(17)11-19)10-12-4-7-18-8-5-12/h12-14,18H,4-11H2,1-3H3. The molecule has 2 rings (SSSR count). The number of likely N-dealkylation sites (tertiary alicyclic amines) is 1. The van der Waals surface area contributed by atoms with E-state index in [4.69, 9.17) is 4.74 Å². The molecule has 1 amide bonds. The molecular weight excluding hydrogens is 271 g/mol. The van der Waals surface area contributed by atoms with Gasteiger partial charge in [-0.3, -0.25) is 0 Å². The van der Waals surface area contributed by atoms with Gasteiger partial charge in [-0.05, 0) is 71.4 Å². The second-order valence-electron chi connectivity index (χ2n) is 7.42. The zero-order valence-electron chi connectivity index (χ0n) is 13.5. The summed E-state index contributed by atoms with van der Waals surface area (Å²) in [5.74, 6) is 0.745. The molecule has 2 aliphatic rings. The molecule has 4 nitrogen and oxygen atoms in total. The van der Waals surface area contributed by atoms with E-state index in [9.17, 15) is 9.18 Å². The molecule has 0 aromatic rings. The number of halogens is 1. The van der Waals surface area contributed by atoms with Crippen molar-refractivity contribution in [2.24, 2.45) is 11.8 Å². The molecule has 2 saturated heterocycles. The number of nitrogens with zero attached hydrogens (tertiary/aromatic N) is 1. The van der Waals surface area contributed by atoms with Gasteiger partial charge in [0.05, 0.1) is 6.54 Å². The molecule has 0 bridgehead atoms. The van der Waals surface area contributed by atoms with Crippen molar-refractivity contribution < 1.29 is 13.9 Å². The topological polar surface area (TPSA) is 41.6 Å². The summed E-state index contributed by atoms with van der Waals surface area (Å²) in [6.45, 7) is 8.41. The van der Waals surface area contributed by atoms with Crippen molar-refractivity contribution in [1.29, 1.82) is 0 Å². The van der Waals surface area contributed by atoms with Crippen LogP contribution >= 0.6 is 0 Å². The molecule has 0 spiro atoms. The number of ether oxygens (including phenoxy) is 1. The predicted molar refractivity (Wildman–Crippen MR) is 81.0 cm³/mol. The summed E-state index contributed by atoms with van der Waals surface area (Å²) < 4.78 is 19.7. The van der Waals surface area contributed by atoms with Gasteiger partial charge in [-0.1, -0.05) is 0 Å². The van der Waals surface area contributed by atoms with Crippen molar-refractivity contribution >= 4 is 6.09 Å². The van der Waals surface area contributed by atoms with Gasteiger partial charge in [0.15, 0.2) is 0 Å². The number of hydrogen-bond acceptors (Lipinski definition) is 3. The van der Waals surface area contributed by atoms with Crippen LogP contribution in [0.25, 0.3) is 0 Å². The molecule has 2 aliphatic heterocycles. The fourth-order valence-electron chi connectivity index (χ4n) is 3.26. The van der Waals surface area contributed by atoms with Gasteiger partial charge in [-0.15, -0.1) is 0 Å². The number of amides is 1. The monoisotopic (exact) mass is 300 g/mol. The van der Waals surface area contributed by atoms with E-state index in [-0.39, 0.29) is 18.6 Å². The molecule has 0 saturated carbocycles. The number of piperidine rings is 2. The van der Waals surface area contributed by atoms with Crippen LogP contribution in [-0.4, -0.2) is 48.9 Å². The van der Waals surface area contributed by atoms with Gasteiger partial charge >= 0.3 is 6.09 Å². The Bertz CT molecular complexity index is 351. The summed E-state index contributed by atoms with van der Waals surface area (Å²) in [5, 5.41) is 3.34. The summed E-state index contributed by atoms with van der Waals surface area (Å²) in [6.07, 6.45) is 2.72.